The van der Waals surface area contributed by atoms with Crippen LogP contribution >= 0.6 is 0 Å². The van der Waals surface area contributed by atoms with E-state index in [0.29, 0.717) is 5.75 Å². The van der Waals surface area contributed by atoms with Crippen molar-refractivity contribution in [3.63, 3.8) is 0 Å². The fraction of sp³-hybridized carbons (Fsp3) is 0.429. The van der Waals surface area contributed by atoms with Gasteiger partial charge in [0.1, 0.15) is 5.75 Å². The van der Waals surface area contributed by atoms with Gasteiger partial charge in [-0.15, -0.1) is 0 Å². The van der Waals surface area contributed by atoms with Gasteiger partial charge in [-0.05, 0) is 37.1 Å². The van der Waals surface area contributed by atoms with Crippen LogP contribution in [-0.4, -0.2) is 32.4 Å². The van der Waals surface area contributed by atoms with Gasteiger partial charge in [0.25, 0.3) is 0 Å². The van der Waals surface area contributed by atoms with Gasteiger partial charge in [0.15, 0.2) is 6.73 Å². The topological polar surface area (TPSA) is 76.7 Å². The molecule has 6 heteroatoms. The molecule has 0 aromatic heterocycles. The number of hydrogen-bond donors (Lipinski definition) is 2. The predicted molar refractivity (Wildman–Crippen MR) is 74.6 cm³/mol. The minimum Gasteiger partial charge on any atom is -0.473 e. The van der Waals surface area contributed by atoms with Crippen LogP contribution in [0.2, 0.25) is 0 Å². The maximum absolute atomic E-state index is 11.4. The Morgan fingerprint density at radius 2 is 1.90 bits per heavy atom. The van der Waals surface area contributed by atoms with Crippen molar-refractivity contribution in [2.45, 2.75) is 20.3 Å². The lowest BCUT2D eigenvalue weighted by atomic mass is 10.1. The van der Waals surface area contributed by atoms with Crippen LogP contribution in [0.5, 0.6) is 5.75 Å². The van der Waals surface area contributed by atoms with Gasteiger partial charge in [-0.3, -0.25) is 4.79 Å². The van der Waals surface area contributed by atoms with Crippen LogP contribution in [0.1, 0.15) is 17.5 Å². The summed E-state index contributed by atoms with van der Waals surface area (Å²) in [6.07, 6.45) is 0.141. The molecule has 0 aliphatic rings. The number of hydrogen-bond acceptors (Lipinski definition) is 4. The maximum Gasteiger partial charge on any atom is 0.317 e. The monoisotopic (exact) mass is 280 g/mol. The van der Waals surface area contributed by atoms with Crippen molar-refractivity contribution in [3.8, 4) is 5.75 Å². The molecule has 0 heterocycles. The van der Waals surface area contributed by atoms with E-state index in [0.717, 1.165) is 5.56 Å². The lowest BCUT2D eigenvalue weighted by Crippen LogP contribution is -2.38. The molecule has 20 heavy (non-hydrogen) atoms. The van der Waals surface area contributed by atoms with Crippen LogP contribution < -0.4 is 15.4 Å². The Morgan fingerprint density at radius 1 is 1.15 bits per heavy atom. The van der Waals surface area contributed by atoms with Gasteiger partial charge < -0.3 is 20.1 Å². The van der Waals surface area contributed by atoms with E-state index >= 15 is 0 Å². The Bertz CT molecular complexity index is 474. The molecule has 0 saturated heterocycles. The number of nitrogens with one attached hydrogen (secondary N) is 2. The Morgan fingerprint density at radius 3 is 2.55 bits per heavy atom. The average molecular weight is 280 g/mol. The van der Waals surface area contributed by atoms with Gasteiger partial charge in [-0.2, -0.15) is 0 Å². The standard InChI is InChI=1S/C14H20N2O4/c1-10-4-5-12(8-11(10)2)20-9-16-14(18)15-7-6-13(17)19-3/h4-5,8H,6-7,9H2,1-3H3,(H2,15,16,18). The van der Waals surface area contributed by atoms with Crippen LogP contribution in [0.3, 0.4) is 0 Å². The van der Waals surface area contributed by atoms with E-state index in [1.54, 1.807) is 0 Å². The van der Waals surface area contributed by atoms with Crippen LogP contribution in [-0.2, 0) is 9.53 Å². The molecule has 0 saturated carbocycles. The first-order valence-electron chi connectivity index (χ1n) is 6.31. The summed E-state index contributed by atoms with van der Waals surface area (Å²) in [5.41, 5.74) is 2.32. The minimum atomic E-state index is -0.391. The van der Waals surface area contributed by atoms with Crippen LogP contribution in [0.4, 0.5) is 4.79 Å². The summed E-state index contributed by atoms with van der Waals surface area (Å²) in [7, 11) is 1.31. The molecule has 0 atom stereocenters. The third kappa shape index (κ3) is 5.60. The van der Waals surface area contributed by atoms with Gasteiger partial charge >= 0.3 is 12.0 Å². The SMILES string of the molecule is COC(=O)CCNC(=O)NCOc1ccc(C)c(C)c1. The first-order valence-corrected chi connectivity index (χ1v) is 6.31. The lowest BCUT2D eigenvalue weighted by molar-refractivity contribution is -0.140. The Hall–Kier alpha value is -2.24. The van der Waals surface area contributed by atoms with Crippen LogP contribution in [0.15, 0.2) is 18.2 Å². The van der Waals surface area contributed by atoms with Crippen LogP contribution in [0.25, 0.3) is 0 Å². The number of methoxy groups -OCH3 is 1. The van der Waals surface area contributed by atoms with E-state index in [2.05, 4.69) is 15.4 Å². The van der Waals surface area contributed by atoms with Crippen molar-refractivity contribution in [3.05, 3.63) is 29.3 Å². The molecule has 2 amide bonds. The Labute approximate surface area is 118 Å². The summed E-state index contributed by atoms with van der Waals surface area (Å²) in [4.78, 5) is 22.2. The molecule has 1 aromatic rings. The number of amides is 2. The van der Waals surface area contributed by atoms with Crippen molar-refractivity contribution in [1.29, 1.82) is 0 Å². The largest absolute Gasteiger partial charge is 0.473 e. The summed E-state index contributed by atoms with van der Waals surface area (Å²) in [6, 6.07) is 5.32. The van der Waals surface area contributed by atoms with Gasteiger partial charge in [-0.25, -0.2) is 4.79 Å². The molecule has 6 nitrogen and oxygen atoms in total. The van der Waals surface area contributed by atoms with Gasteiger partial charge in [-0.1, -0.05) is 6.07 Å². The molecule has 1 aromatic carbocycles. The molecular formula is C14H20N2O4. The number of aryl methyl sites for hydroxylation is 2. The smallest absolute Gasteiger partial charge is 0.317 e. The van der Waals surface area contributed by atoms with E-state index in [1.165, 1.54) is 12.7 Å². The molecule has 0 fully saturated rings. The second-order valence-electron chi connectivity index (χ2n) is 4.29. The summed E-state index contributed by atoms with van der Waals surface area (Å²) >= 11 is 0. The highest BCUT2D eigenvalue weighted by molar-refractivity contribution is 5.75. The molecular weight excluding hydrogens is 260 g/mol. The zero-order valence-corrected chi connectivity index (χ0v) is 12.0. The summed E-state index contributed by atoms with van der Waals surface area (Å²) in [5.74, 6) is 0.333. The average Bonchev–Trinajstić information content (AvgIpc) is 2.42. The van der Waals surface area contributed by atoms with E-state index in [9.17, 15) is 9.59 Å². The highest BCUT2D eigenvalue weighted by Crippen LogP contribution is 2.15. The second kappa shape index (κ2) is 8.04. The Kier molecular flexibility index (Phi) is 6.36. The first kappa shape index (κ1) is 15.8. The number of benzene rings is 1. The summed E-state index contributed by atoms with van der Waals surface area (Å²) < 4.78 is 9.85. The molecule has 0 aliphatic carbocycles. The van der Waals surface area contributed by atoms with Gasteiger partial charge in [0, 0.05) is 6.54 Å². The third-order valence-corrected chi connectivity index (χ3v) is 2.79. The molecule has 1 rings (SSSR count). The van der Waals surface area contributed by atoms with Gasteiger partial charge in [0.05, 0.1) is 13.5 Å². The molecule has 110 valence electrons. The lowest BCUT2D eigenvalue weighted by Gasteiger charge is -2.10. The number of carbonyl (C=O) groups is 2. The molecule has 2 N–H and O–H groups in total. The molecule has 0 aliphatic heterocycles. The van der Waals surface area contributed by atoms with Crippen molar-refractivity contribution in [2.24, 2.45) is 0 Å². The molecule has 0 spiro atoms. The fourth-order valence-corrected chi connectivity index (χ4v) is 1.43. The van der Waals surface area contributed by atoms with Crippen molar-refractivity contribution in [1.82, 2.24) is 10.6 Å². The normalized spacial score (nSPS) is 9.75. The number of ether oxygens (including phenoxy) is 2. The van der Waals surface area contributed by atoms with Crippen LogP contribution in [0, 0.1) is 13.8 Å². The number of carbonyl (C=O) groups excluding carboxylic acids is 2. The Balaban J connectivity index is 2.21. The van der Waals surface area contributed by atoms with E-state index < -0.39 is 6.03 Å². The minimum absolute atomic E-state index is 0.0621. The highest BCUT2D eigenvalue weighted by Gasteiger charge is 2.03. The zero-order chi connectivity index (χ0) is 15.0. The van der Waals surface area contributed by atoms with Crippen molar-refractivity contribution in [2.75, 3.05) is 20.4 Å². The fourth-order valence-electron chi connectivity index (χ4n) is 1.43. The van der Waals surface area contributed by atoms with E-state index in [-0.39, 0.29) is 25.7 Å². The first-order chi connectivity index (χ1) is 9.52. The van der Waals surface area contributed by atoms with E-state index in [4.69, 9.17) is 4.74 Å². The maximum atomic E-state index is 11.4. The quantitative estimate of drug-likeness (QED) is 0.611. The van der Waals surface area contributed by atoms with Crippen molar-refractivity contribution >= 4 is 12.0 Å². The molecule has 0 radical (unpaired) electrons. The van der Waals surface area contributed by atoms with Gasteiger partial charge in [0.2, 0.25) is 0 Å². The van der Waals surface area contributed by atoms with E-state index in [1.807, 2.05) is 32.0 Å². The third-order valence-electron chi connectivity index (χ3n) is 2.79. The molecule has 0 unspecified atom stereocenters. The summed E-state index contributed by atoms with van der Waals surface area (Å²) in [5, 5.41) is 5.06. The number of urea groups is 1. The van der Waals surface area contributed by atoms with Crippen molar-refractivity contribution < 1.29 is 19.1 Å². The molecule has 0 bridgehead atoms. The summed E-state index contributed by atoms with van der Waals surface area (Å²) in [6.45, 7) is 4.30. The predicted octanol–water partition coefficient (Wildman–Crippen LogP) is 1.50. The number of esters is 1. The number of rotatable bonds is 6. The second-order valence-corrected chi connectivity index (χ2v) is 4.29. The highest BCUT2D eigenvalue weighted by atomic mass is 16.5. The zero-order valence-electron chi connectivity index (χ0n) is 12.0.